The largest absolute Gasteiger partial charge is 0.348 e. The monoisotopic (exact) mass is 387 g/mol. The first kappa shape index (κ1) is 22.2. The fourth-order valence-electron chi connectivity index (χ4n) is 3.71. The summed E-state index contributed by atoms with van der Waals surface area (Å²) in [7, 11) is 0. The molecule has 2 unspecified atom stereocenters. The Morgan fingerprint density at radius 2 is 1.92 bits per heavy atom. The number of hydrogen-bond donors (Lipinski definition) is 2. The van der Waals surface area contributed by atoms with E-state index in [-0.39, 0.29) is 36.8 Å². The second-order valence-corrected chi connectivity index (χ2v) is 6.94. The Morgan fingerprint density at radius 1 is 1.20 bits per heavy atom. The zero-order chi connectivity index (χ0) is 15.9. The number of amides is 1. The molecule has 25 heavy (non-hydrogen) atoms. The molecule has 0 aromatic heterocycles. The molecule has 2 heterocycles. The van der Waals surface area contributed by atoms with Gasteiger partial charge in [0, 0.05) is 13.0 Å². The summed E-state index contributed by atoms with van der Waals surface area (Å²) in [5.74, 6) is 0.874. The number of halogens is 2. The summed E-state index contributed by atoms with van der Waals surface area (Å²) >= 11 is 0. The highest BCUT2D eigenvalue weighted by Gasteiger charge is 2.21. The number of carbonyl (C=O) groups excluding carboxylic acids is 1. The van der Waals surface area contributed by atoms with Crippen LogP contribution in [0.3, 0.4) is 0 Å². The number of nitrogens with one attached hydrogen (secondary N) is 2. The molecule has 6 heteroatoms. The fourth-order valence-corrected chi connectivity index (χ4v) is 3.71. The van der Waals surface area contributed by atoms with Crippen molar-refractivity contribution in [3.63, 3.8) is 0 Å². The maximum atomic E-state index is 12.4. The van der Waals surface area contributed by atoms with Crippen LogP contribution in [0, 0.1) is 5.92 Å². The van der Waals surface area contributed by atoms with Crippen molar-refractivity contribution >= 4 is 30.7 Å². The molecule has 2 N–H and O–H groups in total. The van der Waals surface area contributed by atoms with Crippen molar-refractivity contribution in [1.82, 2.24) is 15.5 Å². The van der Waals surface area contributed by atoms with Gasteiger partial charge in [0.25, 0.3) is 0 Å². The van der Waals surface area contributed by atoms with Crippen LogP contribution in [0.5, 0.6) is 0 Å². The molecule has 1 amide bonds. The number of nitrogens with zero attached hydrogens (tertiary/aromatic N) is 1. The molecule has 0 bridgehead atoms. The van der Waals surface area contributed by atoms with Gasteiger partial charge in [-0.05, 0) is 63.3 Å². The van der Waals surface area contributed by atoms with Crippen LogP contribution in [-0.2, 0) is 4.79 Å². The highest BCUT2D eigenvalue weighted by atomic mass is 35.5. The molecule has 0 saturated carbocycles. The van der Waals surface area contributed by atoms with Crippen LogP contribution in [0.15, 0.2) is 30.3 Å². The maximum Gasteiger partial charge on any atom is 0.220 e. The van der Waals surface area contributed by atoms with Gasteiger partial charge in [-0.2, -0.15) is 0 Å². The van der Waals surface area contributed by atoms with Crippen LogP contribution in [-0.4, -0.2) is 43.5 Å². The zero-order valence-corrected chi connectivity index (χ0v) is 16.4. The molecular formula is C19H31Cl2N3O. The van der Waals surface area contributed by atoms with Crippen LogP contribution < -0.4 is 10.6 Å². The van der Waals surface area contributed by atoms with E-state index >= 15 is 0 Å². The van der Waals surface area contributed by atoms with Gasteiger partial charge in [0.05, 0.1) is 6.04 Å². The Bertz CT molecular complexity index is 489. The van der Waals surface area contributed by atoms with Crippen LogP contribution in [0.4, 0.5) is 0 Å². The molecule has 3 rings (SSSR count). The van der Waals surface area contributed by atoms with E-state index in [0.717, 1.165) is 39.1 Å². The second-order valence-electron chi connectivity index (χ2n) is 6.94. The summed E-state index contributed by atoms with van der Waals surface area (Å²) in [4.78, 5) is 14.9. The number of likely N-dealkylation sites (tertiary alicyclic amines) is 1. The summed E-state index contributed by atoms with van der Waals surface area (Å²) in [5, 5.41) is 6.66. The molecule has 142 valence electrons. The Hall–Kier alpha value is -0.810. The highest BCUT2D eigenvalue weighted by molar-refractivity contribution is 5.85. The molecule has 2 fully saturated rings. The molecule has 0 spiro atoms. The van der Waals surface area contributed by atoms with E-state index in [0.29, 0.717) is 12.3 Å². The Kier molecular flexibility index (Phi) is 10.4. The number of benzene rings is 1. The van der Waals surface area contributed by atoms with E-state index in [1.54, 1.807) is 0 Å². The first-order valence-electron chi connectivity index (χ1n) is 9.08. The molecule has 2 saturated heterocycles. The summed E-state index contributed by atoms with van der Waals surface area (Å²) < 4.78 is 0. The van der Waals surface area contributed by atoms with Gasteiger partial charge < -0.3 is 15.5 Å². The summed E-state index contributed by atoms with van der Waals surface area (Å²) in [6, 6.07) is 10.5. The van der Waals surface area contributed by atoms with Crippen molar-refractivity contribution in [3.8, 4) is 0 Å². The molecule has 1 aromatic carbocycles. The molecule has 2 aliphatic heterocycles. The first-order valence-corrected chi connectivity index (χ1v) is 9.08. The van der Waals surface area contributed by atoms with Crippen molar-refractivity contribution in [2.24, 2.45) is 5.92 Å². The van der Waals surface area contributed by atoms with Gasteiger partial charge in [-0.1, -0.05) is 30.3 Å². The minimum Gasteiger partial charge on any atom is -0.348 e. The minimum atomic E-state index is 0. The predicted octanol–water partition coefficient (Wildman–Crippen LogP) is 3.17. The molecule has 0 radical (unpaired) electrons. The topological polar surface area (TPSA) is 44.4 Å². The lowest BCUT2D eigenvalue weighted by molar-refractivity contribution is -0.122. The fraction of sp³-hybridized carbons (Fsp3) is 0.632. The highest BCUT2D eigenvalue weighted by Crippen LogP contribution is 2.19. The third-order valence-corrected chi connectivity index (χ3v) is 5.12. The van der Waals surface area contributed by atoms with Gasteiger partial charge in [0.15, 0.2) is 0 Å². The van der Waals surface area contributed by atoms with E-state index in [4.69, 9.17) is 0 Å². The van der Waals surface area contributed by atoms with Crippen LogP contribution in [0.1, 0.15) is 43.7 Å². The maximum absolute atomic E-state index is 12.4. The normalized spacial score (nSPS) is 21.2. The average Bonchev–Trinajstić information content (AvgIpc) is 3.27. The number of rotatable bonds is 7. The van der Waals surface area contributed by atoms with E-state index in [1.807, 2.05) is 6.07 Å². The standard InChI is InChI=1S/C19H29N3O.2ClH/c23-19(9-8-16-10-11-20-14-16)21-18(15-22-12-4-5-13-22)17-6-2-1-3-7-17;;/h1-3,6-7,16,18,20H,4-5,8-15H2,(H,21,23);2*1H. The molecule has 2 atom stereocenters. The third kappa shape index (κ3) is 7.14. The van der Waals surface area contributed by atoms with Crippen molar-refractivity contribution in [1.29, 1.82) is 0 Å². The van der Waals surface area contributed by atoms with Gasteiger partial charge in [-0.15, -0.1) is 24.8 Å². The van der Waals surface area contributed by atoms with Crippen LogP contribution >= 0.6 is 24.8 Å². The lowest BCUT2D eigenvalue weighted by atomic mass is 10.0. The zero-order valence-electron chi connectivity index (χ0n) is 14.8. The van der Waals surface area contributed by atoms with Gasteiger partial charge in [0.1, 0.15) is 0 Å². The molecule has 2 aliphatic rings. The Labute approximate surface area is 163 Å². The first-order chi connectivity index (χ1) is 11.3. The van der Waals surface area contributed by atoms with Gasteiger partial charge in [0.2, 0.25) is 5.91 Å². The SMILES string of the molecule is Cl.Cl.O=C(CCC1CCNC1)NC(CN1CCCC1)c1ccccc1. The molecule has 0 aliphatic carbocycles. The number of hydrogen-bond acceptors (Lipinski definition) is 3. The lowest BCUT2D eigenvalue weighted by Crippen LogP contribution is -2.37. The van der Waals surface area contributed by atoms with E-state index in [1.165, 1.54) is 24.8 Å². The van der Waals surface area contributed by atoms with Gasteiger partial charge >= 0.3 is 0 Å². The third-order valence-electron chi connectivity index (χ3n) is 5.12. The average molecular weight is 388 g/mol. The van der Waals surface area contributed by atoms with Gasteiger partial charge in [-0.3, -0.25) is 4.79 Å². The smallest absolute Gasteiger partial charge is 0.220 e. The van der Waals surface area contributed by atoms with E-state index in [2.05, 4.69) is 39.8 Å². The van der Waals surface area contributed by atoms with Crippen LogP contribution in [0.25, 0.3) is 0 Å². The summed E-state index contributed by atoms with van der Waals surface area (Å²) in [6.45, 7) is 5.43. The molecular weight excluding hydrogens is 357 g/mol. The van der Waals surface area contributed by atoms with Crippen molar-refractivity contribution in [3.05, 3.63) is 35.9 Å². The molecule has 1 aromatic rings. The lowest BCUT2D eigenvalue weighted by Gasteiger charge is -2.25. The van der Waals surface area contributed by atoms with Crippen LogP contribution in [0.2, 0.25) is 0 Å². The minimum absolute atomic E-state index is 0. The van der Waals surface area contributed by atoms with Crippen molar-refractivity contribution in [2.75, 3.05) is 32.7 Å². The van der Waals surface area contributed by atoms with Gasteiger partial charge in [-0.25, -0.2) is 0 Å². The summed E-state index contributed by atoms with van der Waals surface area (Å²) in [6.07, 6.45) is 5.43. The van der Waals surface area contributed by atoms with Crippen molar-refractivity contribution < 1.29 is 4.79 Å². The molecule has 4 nitrogen and oxygen atoms in total. The predicted molar refractivity (Wildman–Crippen MR) is 108 cm³/mol. The quantitative estimate of drug-likeness (QED) is 0.754. The van der Waals surface area contributed by atoms with E-state index in [9.17, 15) is 4.79 Å². The Morgan fingerprint density at radius 3 is 2.56 bits per heavy atom. The Balaban J connectivity index is 0.00000156. The summed E-state index contributed by atoms with van der Waals surface area (Å²) in [5.41, 5.74) is 1.22. The second kappa shape index (κ2) is 11.7. The number of carbonyl (C=O) groups is 1. The van der Waals surface area contributed by atoms with Crippen molar-refractivity contribution in [2.45, 2.75) is 38.1 Å². The van der Waals surface area contributed by atoms with E-state index < -0.39 is 0 Å².